The van der Waals surface area contributed by atoms with Gasteiger partial charge in [-0.1, -0.05) is 26.2 Å². The first-order chi connectivity index (χ1) is 9.63. The molecule has 0 saturated heterocycles. The van der Waals surface area contributed by atoms with Crippen molar-refractivity contribution in [1.82, 2.24) is 9.97 Å². The molecule has 1 aromatic heterocycles. The van der Waals surface area contributed by atoms with Gasteiger partial charge in [0.15, 0.2) is 0 Å². The molecule has 0 spiro atoms. The van der Waals surface area contributed by atoms with E-state index in [1.165, 1.54) is 12.6 Å². The fourth-order valence-corrected chi connectivity index (χ4v) is 2.72. The van der Waals surface area contributed by atoms with Crippen molar-refractivity contribution in [2.24, 2.45) is 5.92 Å². The molecule has 0 bridgehead atoms. The van der Waals surface area contributed by atoms with Gasteiger partial charge < -0.3 is 10.6 Å². The third kappa shape index (κ3) is 3.34. The third-order valence-corrected chi connectivity index (χ3v) is 3.89. The van der Waals surface area contributed by atoms with Crippen molar-refractivity contribution < 1.29 is 4.92 Å². The average Bonchev–Trinajstić information content (AvgIpc) is 2.47. The second-order valence-corrected chi connectivity index (χ2v) is 5.22. The summed E-state index contributed by atoms with van der Waals surface area (Å²) in [5.41, 5.74) is -0.0670. The molecule has 1 heterocycles. The quantitative estimate of drug-likeness (QED) is 0.636. The van der Waals surface area contributed by atoms with Gasteiger partial charge in [0, 0.05) is 13.1 Å². The predicted octanol–water partition coefficient (Wildman–Crippen LogP) is 2.81. The number of rotatable bonds is 5. The SMILES string of the molecule is CCC1CCCC(Nc2nc(NC)ncc2[N+](=O)[O-])C1. The molecule has 1 aliphatic rings. The molecular formula is C13H21N5O2. The highest BCUT2D eigenvalue weighted by molar-refractivity contribution is 5.57. The lowest BCUT2D eigenvalue weighted by atomic mass is 9.84. The lowest BCUT2D eigenvalue weighted by Gasteiger charge is -2.29. The van der Waals surface area contributed by atoms with Crippen LogP contribution < -0.4 is 10.6 Å². The van der Waals surface area contributed by atoms with Gasteiger partial charge in [-0.2, -0.15) is 4.98 Å². The Labute approximate surface area is 118 Å². The maximum Gasteiger partial charge on any atom is 0.329 e. The van der Waals surface area contributed by atoms with Crippen molar-refractivity contribution in [2.75, 3.05) is 17.7 Å². The van der Waals surface area contributed by atoms with Gasteiger partial charge in [0.05, 0.1) is 4.92 Å². The van der Waals surface area contributed by atoms with Gasteiger partial charge in [0.1, 0.15) is 6.20 Å². The lowest BCUT2D eigenvalue weighted by molar-refractivity contribution is -0.384. The first-order valence-electron chi connectivity index (χ1n) is 7.09. The van der Waals surface area contributed by atoms with Crippen LogP contribution in [0.5, 0.6) is 0 Å². The third-order valence-electron chi connectivity index (χ3n) is 3.89. The van der Waals surface area contributed by atoms with E-state index in [9.17, 15) is 10.1 Å². The summed E-state index contributed by atoms with van der Waals surface area (Å²) >= 11 is 0. The smallest absolute Gasteiger partial charge is 0.329 e. The van der Waals surface area contributed by atoms with Crippen molar-refractivity contribution in [1.29, 1.82) is 0 Å². The standard InChI is InChI=1S/C13H21N5O2/c1-3-9-5-4-6-10(7-9)16-12-11(18(19)20)8-15-13(14-2)17-12/h8-10H,3-7H2,1-2H3,(H2,14,15,16,17). The molecule has 2 unspecified atom stereocenters. The fraction of sp³-hybridized carbons (Fsp3) is 0.692. The number of hydrogen-bond donors (Lipinski definition) is 2. The number of nitro groups is 1. The van der Waals surface area contributed by atoms with Crippen LogP contribution in [0.1, 0.15) is 39.0 Å². The van der Waals surface area contributed by atoms with E-state index in [-0.39, 0.29) is 11.7 Å². The second-order valence-electron chi connectivity index (χ2n) is 5.22. The van der Waals surface area contributed by atoms with Crippen LogP contribution in [0.3, 0.4) is 0 Å². The highest BCUT2D eigenvalue weighted by Gasteiger charge is 2.24. The largest absolute Gasteiger partial charge is 0.361 e. The lowest BCUT2D eigenvalue weighted by Crippen LogP contribution is -2.28. The van der Waals surface area contributed by atoms with Crippen LogP contribution in [-0.4, -0.2) is 28.0 Å². The van der Waals surface area contributed by atoms with Crippen molar-refractivity contribution in [3.8, 4) is 0 Å². The fourth-order valence-electron chi connectivity index (χ4n) is 2.72. The molecule has 0 aromatic carbocycles. The molecular weight excluding hydrogens is 258 g/mol. The van der Waals surface area contributed by atoms with E-state index in [1.807, 2.05) is 0 Å². The van der Waals surface area contributed by atoms with E-state index in [0.717, 1.165) is 25.7 Å². The number of anilines is 2. The average molecular weight is 279 g/mol. The monoisotopic (exact) mass is 279 g/mol. The first kappa shape index (κ1) is 14.5. The molecule has 20 heavy (non-hydrogen) atoms. The molecule has 1 aromatic rings. The van der Waals surface area contributed by atoms with Crippen LogP contribution in [-0.2, 0) is 0 Å². The summed E-state index contributed by atoms with van der Waals surface area (Å²) in [6.07, 6.45) is 6.91. The molecule has 2 N–H and O–H groups in total. The van der Waals surface area contributed by atoms with E-state index in [2.05, 4.69) is 27.5 Å². The van der Waals surface area contributed by atoms with Crippen LogP contribution in [0.4, 0.5) is 17.5 Å². The van der Waals surface area contributed by atoms with Gasteiger partial charge in [-0.25, -0.2) is 4.98 Å². The Bertz CT molecular complexity index is 480. The van der Waals surface area contributed by atoms with Gasteiger partial charge in [-0.15, -0.1) is 0 Å². The topological polar surface area (TPSA) is 93.0 Å². The summed E-state index contributed by atoms with van der Waals surface area (Å²) in [5, 5.41) is 17.1. The maximum absolute atomic E-state index is 11.0. The molecule has 7 heteroatoms. The molecule has 1 aliphatic carbocycles. The van der Waals surface area contributed by atoms with Gasteiger partial charge in [0.2, 0.25) is 11.8 Å². The summed E-state index contributed by atoms with van der Waals surface area (Å²) in [7, 11) is 1.69. The van der Waals surface area contributed by atoms with Crippen LogP contribution in [0.25, 0.3) is 0 Å². The van der Waals surface area contributed by atoms with E-state index >= 15 is 0 Å². The van der Waals surface area contributed by atoms with E-state index in [4.69, 9.17) is 0 Å². The Morgan fingerprint density at radius 2 is 2.30 bits per heavy atom. The van der Waals surface area contributed by atoms with Gasteiger partial charge in [-0.3, -0.25) is 10.1 Å². The molecule has 110 valence electrons. The summed E-state index contributed by atoms with van der Waals surface area (Å²) in [6.45, 7) is 2.19. The number of nitrogens with zero attached hydrogens (tertiary/aromatic N) is 3. The number of nitrogens with one attached hydrogen (secondary N) is 2. The Morgan fingerprint density at radius 1 is 1.50 bits per heavy atom. The summed E-state index contributed by atoms with van der Waals surface area (Å²) in [5.74, 6) is 1.41. The number of aromatic nitrogens is 2. The van der Waals surface area contributed by atoms with E-state index in [0.29, 0.717) is 17.7 Å². The second kappa shape index (κ2) is 6.49. The predicted molar refractivity (Wildman–Crippen MR) is 77.9 cm³/mol. The highest BCUT2D eigenvalue weighted by atomic mass is 16.6. The highest BCUT2D eigenvalue weighted by Crippen LogP contribution is 2.30. The molecule has 0 radical (unpaired) electrons. The molecule has 0 aliphatic heterocycles. The first-order valence-corrected chi connectivity index (χ1v) is 7.09. The zero-order valence-corrected chi connectivity index (χ0v) is 11.9. The van der Waals surface area contributed by atoms with Crippen LogP contribution in [0.2, 0.25) is 0 Å². The summed E-state index contributed by atoms with van der Waals surface area (Å²) in [6, 6.07) is 0.256. The Kier molecular flexibility index (Phi) is 4.70. The minimum atomic E-state index is -0.443. The Hall–Kier alpha value is -1.92. The minimum Gasteiger partial charge on any atom is -0.361 e. The van der Waals surface area contributed by atoms with Gasteiger partial charge in [-0.05, 0) is 18.8 Å². The van der Waals surface area contributed by atoms with Gasteiger partial charge >= 0.3 is 5.69 Å². The van der Waals surface area contributed by atoms with Crippen molar-refractivity contribution in [2.45, 2.75) is 45.1 Å². The minimum absolute atomic E-state index is 0.0670. The zero-order valence-electron chi connectivity index (χ0n) is 11.9. The molecule has 1 fully saturated rings. The molecule has 2 atom stereocenters. The van der Waals surface area contributed by atoms with Crippen LogP contribution in [0.15, 0.2) is 6.20 Å². The van der Waals surface area contributed by atoms with Crippen molar-refractivity contribution in [3.63, 3.8) is 0 Å². The number of hydrogen-bond acceptors (Lipinski definition) is 6. The van der Waals surface area contributed by atoms with Crippen molar-refractivity contribution in [3.05, 3.63) is 16.3 Å². The zero-order chi connectivity index (χ0) is 14.5. The van der Waals surface area contributed by atoms with E-state index < -0.39 is 4.92 Å². The molecule has 1 saturated carbocycles. The Balaban J connectivity index is 2.16. The summed E-state index contributed by atoms with van der Waals surface area (Å²) in [4.78, 5) is 18.7. The maximum atomic E-state index is 11.0. The van der Waals surface area contributed by atoms with Crippen LogP contribution in [0, 0.1) is 16.0 Å². The molecule has 2 rings (SSSR count). The van der Waals surface area contributed by atoms with E-state index in [1.54, 1.807) is 7.05 Å². The van der Waals surface area contributed by atoms with Crippen molar-refractivity contribution >= 4 is 17.5 Å². The van der Waals surface area contributed by atoms with Crippen LogP contribution >= 0.6 is 0 Å². The summed E-state index contributed by atoms with van der Waals surface area (Å²) < 4.78 is 0. The van der Waals surface area contributed by atoms with Gasteiger partial charge in [0.25, 0.3) is 0 Å². The molecule has 0 amide bonds. The normalized spacial score (nSPS) is 22.3. The Morgan fingerprint density at radius 3 is 2.95 bits per heavy atom. The molecule has 7 nitrogen and oxygen atoms in total.